The van der Waals surface area contributed by atoms with E-state index in [0.29, 0.717) is 32.0 Å². The molecule has 106 valence electrons. The second kappa shape index (κ2) is 6.98. The molecule has 1 aromatic heterocycles. The van der Waals surface area contributed by atoms with Crippen molar-refractivity contribution in [3.63, 3.8) is 0 Å². The molecule has 1 aromatic rings. The lowest BCUT2D eigenvalue weighted by atomic mass is 10.1. The van der Waals surface area contributed by atoms with Crippen LogP contribution in [0.25, 0.3) is 0 Å². The summed E-state index contributed by atoms with van der Waals surface area (Å²) in [5.74, 6) is -0.0530. The summed E-state index contributed by atoms with van der Waals surface area (Å²) in [5.41, 5.74) is 0.520. The van der Waals surface area contributed by atoms with Crippen molar-refractivity contribution in [1.29, 1.82) is 0 Å². The largest absolute Gasteiger partial charge is 0.396 e. The first kappa shape index (κ1) is 14.4. The summed E-state index contributed by atoms with van der Waals surface area (Å²) in [6.45, 7) is 4.28. The predicted octanol–water partition coefficient (Wildman–Crippen LogP) is 1.18. The molecule has 0 spiro atoms. The third-order valence-corrected chi connectivity index (χ3v) is 4.03. The molecule has 1 aliphatic heterocycles. The first-order valence-electron chi connectivity index (χ1n) is 6.66. The van der Waals surface area contributed by atoms with Crippen molar-refractivity contribution in [1.82, 2.24) is 9.88 Å². The van der Waals surface area contributed by atoms with Gasteiger partial charge in [0.15, 0.2) is 0 Å². The Bertz CT molecular complexity index is 422. The smallest absolute Gasteiger partial charge is 0.273 e. The summed E-state index contributed by atoms with van der Waals surface area (Å²) >= 11 is 1.54. The highest BCUT2D eigenvalue weighted by molar-refractivity contribution is 7.09. The number of carbonyl (C=O) groups is 1. The van der Waals surface area contributed by atoms with E-state index in [2.05, 4.69) is 11.9 Å². The van der Waals surface area contributed by atoms with E-state index < -0.39 is 0 Å². The lowest BCUT2D eigenvalue weighted by Gasteiger charge is -2.21. The fourth-order valence-electron chi connectivity index (χ4n) is 2.08. The minimum atomic E-state index is -0.0532. The Morgan fingerprint density at radius 1 is 1.68 bits per heavy atom. The molecule has 2 rings (SSSR count). The molecule has 19 heavy (non-hydrogen) atoms. The molecule has 6 heteroatoms. The van der Waals surface area contributed by atoms with Crippen molar-refractivity contribution in [3.8, 4) is 0 Å². The van der Waals surface area contributed by atoms with Crippen LogP contribution in [0.4, 0.5) is 0 Å². The highest BCUT2D eigenvalue weighted by Gasteiger charge is 2.24. The van der Waals surface area contributed by atoms with Crippen LogP contribution in [0.15, 0.2) is 5.38 Å². The van der Waals surface area contributed by atoms with Gasteiger partial charge >= 0.3 is 0 Å². The van der Waals surface area contributed by atoms with E-state index in [1.54, 1.807) is 4.90 Å². The highest BCUT2D eigenvalue weighted by atomic mass is 32.1. The number of ether oxygens (including phenoxy) is 1. The van der Waals surface area contributed by atoms with E-state index >= 15 is 0 Å². The van der Waals surface area contributed by atoms with E-state index in [-0.39, 0.29) is 18.4 Å². The first-order valence-corrected chi connectivity index (χ1v) is 7.54. The number of carbonyl (C=O) groups excluding carboxylic acids is 1. The maximum absolute atomic E-state index is 12.4. The van der Waals surface area contributed by atoms with Crippen LogP contribution < -0.4 is 0 Å². The number of hydrogen-bond acceptors (Lipinski definition) is 5. The number of aliphatic hydroxyl groups is 1. The van der Waals surface area contributed by atoms with Gasteiger partial charge in [0.1, 0.15) is 5.69 Å². The van der Waals surface area contributed by atoms with Gasteiger partial charge in [-0.25, -0.2) is 4.98 Å². The zero-order chi connectivity index (χ0) is 13.7. The average Bonchev–Trinajstić information content (AvgIpc) is 2.75. The first-order chi connectivity index (χ1) is 9.24. The molecule has 0 aliphatic carbocycles. The van der Waals surface area contributed by atoms with Crippen molar-refractivity contribution in [2.75, 3.05) is 32.9 Å². The quantitative estimate of drug-likeness (QED) is 0.901. The SMILES string of the molecule is CCCc1nc(C(=O)N2CCOC[C@@H](CO)C2)cs1. The lowest BCUT2D eigenvalue weighted by Crippen LogP contribution is -2.37. The highest BCUT2D eigenvalue weighted by Crippen LogP contribution is 2.15. The zero-order valence-corrected chi connectivity index (χ0v) is 12.0. The number of nitrogens with zero attached hydrogens (tertiary/aromatic N) is 2. The summed E-state index contributed by atoms with van der Waals surface area (Å²) < 4.78 is 5.39. The molecule has 0 saturated carbocycles. The van der Waals surface area contributed by atoms with Crippen LogP contribution in [0.2, 0.25) is 0 Å². The summed E-state index contributed by atoms with van der Waals surface area (Å²) in [5, 5.41) is 12.1. The number of thiazole rings is 1. The van der Waals surface area contributed by atoms with Gasteiger partial charge in [-0.15, -0.1) is 11.3 Å². The van der Waals surface area contributed by atoms with Crippen LogP contribution in [0.5, 0.6) is 0 Å². The topological polar surface area (TPSA) is 62.7 Å². The van der Waals surface area contributed by atoms with Gasteiger partial charge in [-0.1, -0.05) is 6.92 Å². The molecule has 1 saturated heterocycles. The molecule has 5 nitrogen and oxygen atoms in total. The molecule has 1 N–H and O–H groups in total. The molecule has 0 unspecified atom stereocenters. The van der Waals surface area contributed by atoms with Crippen LogP contribution in [-0.4, -0.2) is 53.8 Å². The predicted molar refractivity (Wildman–Crippen MR) is 73.4 cm³/mol. The van der Waals surface area contributed by atoms with Crippen LogP contribution in [0.3, 0.4) is 0 Å². The number of aryl methyl sites for hydroxylation is 1. The van der Waals surface area contributed by atoms with Crippen molar-refractivity contribution >= 4 is 17.2 Å². The van der Waals surface area contributed by atoms with E-state index in [0.717, 1.165) is 17.8 Å². The van der Waals surface area contributed by atoms with Crippen molar-refractivity contribution in [2.24, 2.45) is 5.92 Å². The van der Waals surface area contributed by atoms with Crippen molar-refractivity contribution in [2.45, 2.75) is 19.8 Å². The molecule has 0 radical (unpaired) electrons. The Hall–Kier alpha value is -0.980. The minimum absolute atomic E-state index is 0.000183. The standard InChI is InChI=1S/C13H20N2O3S/c1-2-3-12-14-11(9-19-12)13(17)15-4-5-18-8-10(6-15)7-16/h9-10,16H,2-8H2,1H3/t10-/m1/s1. The molecule has 1 atom stereocenters. The third-order valence-electron chi connectivity index (χ3n) is 3.12. The van der Waals surface area contributed by atoms with E-state index in [9.17, 15) is 9.90 Å². The van der Waals surface area contributed by atoms with Crippen molar-refractivity contribution < 1.29 is 14.6 Å². The van der Waals surface area contributed by atoms with E-state index in [1.165, 1.54) is 11.3 Å². The van der Waals surface area contributed by atoms with Gasteiger partial charge < -0.3 is 14.7 Å². The zero-order valence-electron chi connectivity index (χ0n) is 11.2. The Balaban J connectivity index is 2.04. The monoisotopic (exact) mass is 284 g/mol. The molecular weight excluding hydrogens is 264 g/mol. The third kappa shape index (κ3) is 3.75. The van der Waals surface area contributed by atoms with Gasteiger partial charge in [0, 0.05) is 31.0 Å². The van der Waals surface area contributed by atoms with E-state index in [1.807, 2.05) is 5.38 Å². The van der Waals surface area contributed by atoms with Gasteiger partial charge in [0.2, 0.25) is 0 Å². The van der Waals surface area contributed by atoms with Gasteiger partial charge in [-0.3, -0.25) is 4.79 Å². The fraction of sp³-hybridized carbons (Fsp3) is 0.692. The van der Waals surface area contributed by atoms with Gasteiger partial charge in [-0.05, 0) is 12.8 Å². The van der Waals surface area contributed by atoms with Crippen LogP contribution in [0, 0.1) is 5.92 Å². The Labute approximate surface area is 117 Å². The Morgan fingerprint density at radius 3 is 3.26 bits per heavy atom. The second-order valence-electron chi connectivity index (χ2n) is 4.75. The molecule has 1 fully saturated rings. The summed E-state index contributed by atoms with van der Waals surface area (Å²) in [7, 11) is 0. The molecular formula is C13H20N2O3S. The van der Waals surface area contributed by atoms with Crippen molar-refractivity contribution in [3.05, 3.63) is 16.1 Å². The minimum Gasteiger partial charge on any atom is -0.396 e. The Kier molecular flexibility index (Phi) is 5.30. The summed E-state index contributed by atoms with van der Waals surface area (Å²) in [4.78, 5) is 18.5. The summed E-state index contributed by atoms with van der Waals surface area (Å²) in [6.07, 6.45) is 1.95. The molecule has 1 amide bonds. The van der Waals surface area contributed by atoms with Crippen LogP contribution >= 0.6 is 11.3 Å². The van der Waals surface area contributed by atoms with Gasteiger partial charge in [0.25, 0.3) is 5.91 Å². The average molecular weight is 284 g/mol. The van der Waals surface area contributed by atoms with Gasteiger partial charge in [0.05, 0.1) is 18.2 Å². The maximum Gasteiger partial charge on any atom is 0.273 e. The summed E-state index contributed by atoms with van der Waals surface area (Å²) in [6, 6.07) is 0. The van der Waals surface area contributed by atoms with Crippen LogP contribution in [-0.2, 0) is 11.2 Å². The Morgan fingerprint density at radius 2 is 2.53 bits per heavy atom. The molecule has 2 heterocycles. The lowest BCUT2D eigenvalue weighted by molar-refractivity contribution is 0.0723. The number of hydrogen-bond donors (Lipinski definition) is 1. The fourth-order valence-corrected chi connectivity index (χ4v) is 2.95. The maximum atomic E-state index is 12.4. The number of rotatable bonds is 4. The number of aromatic nitrogens is 1. The normalized spacial score (nSPS) is 20.3. The van der Waals surface area contributed by atoms with Gasteiger partial charge in [-0.2, -0.15) is 0 Å². The van der Waals surface area contributed by atoms with E-state index in [4.69, 9.17) is 4.74 Å². The number of aliphatic hydroxyl groups excluding tert-OH is 1. The number of amides is 1. The van der Waals surface area contributed by atoms with Crippen LogP contribution in [0.1, 0.15) is 28.8 Å². The molecule has 0 bridgehead atoms. The second-order valence-corrected chi connectivity index (χ2v) is 5.69. The molecule has 0 aromatic carbocycles. The molecule has 1 aliphatic rings.